The molecule has 3 heterocycles. The Balaban J connectivity index is 1.74. The SMILES string of the molecule is Cn1ncc(N[C@@H]2CCO[C@]3(CCSC3)C2)c(Cl)c1=O. The van der Waals surface area contributed by atoms with Gasteiger partial charge in [-0.3, -0.25) is 4.79 Å². The number of aryl methyl sites for hydroxylation is 1. The molecule has 1 aromatic heterocycles. The van der Waals surface area contributed by atoms with Crippen molar-refractivity contribution in [1.82, 2.24) is 9.78 Å². The van der Waals surface area contributed by atoms with Crippen molar-refractivity contribution in [3.05, 3.63) is 21.6 Å². The van der Waals surface area contributed by atoms with E-state index >= 15 is 0 Å². The number of hydrogen-bond acceptors (Lipinski definition) is 5. The lowest BCUT2D eigenvalue weighted by Gasteiger charge is -2.38. The molecule has 0 radical (unpaired) electrons. The van der Waals surface area contributed by atoms with Crippen LogP contribution < -0.4 is 10.9 Å². The van der Waals surface area contributed by atoms with Crippen molar-refractivity contribution >= 4 is 29.1 Å². The average molecular weight is 316 g/mol. The van der Waals surface area contributed by atoms with E-state index in [2.05, 4.69) is 10.4 Å². The van der Waals surface area contributed by atoms with Crippen LogP contribution in [0, 0.1) is 0 Å². The van der Waals surface area contributed by atoms with Crippen molar-refractivity contribution in [1.29, 1.82) is 0 Å². The zero-order valence-electron chi connectivity index (χ0n) is 11.4. The fraction of sp³-hybridized carbons (Fsp3) is 0.692. The second-order valence-electron chi connectivity index (χ2n) is 5.47. The van der Waals surface area contributed by atoms with Crippen LogP contribution in [0.25, 0.3) is 0 Å². The number of hydrogen-bond donors (Lipinski definition) is 1. The van der Waals surface area contributed by atoms with Crippen LogP contribution in [0.5, 0.6) is 0 Å². The molecule has 110 valence electrons. The van der Waals surface area contributed by atoms with Gasteiger partial charge in [0.25, 0.3) is 5.56 Å². The molecule has 1 aromatic rings. The summed E-state index contributed by atoms with van der Waals surface area (Å²) in [7, 11) is 1.59. The van der Waals surface area contributed by atoms with Gasteiger partial charge in [0, 0.05) is 25.4 Å². The van der Waals surface area contributed by atoms with Gasteiger partial charge in [0.15, 0.2) is 0 Å². The minimum atomic E-state index is -0.269. The summed E-state index contributed by atoms with van der Waals surface area (Å²) in [4.78, 5) is 11.8. The predicted octanol–water partition coefficient (Wildman–Crippen LogP) is 1.90. The number of thioether (sulfide) groups is 1. The van der Waals surface area contributed by atoms with Crippen LogP contribution >= 0.6 is 23.4 Å². The highest BCUT2D eigenvalue weighted by atomic mass is 35.5. The predicted molar refractivity (Wildman–Crippen MR) is 81.8 cm³/mol. The maximum Gasteiger partial charge on any atom is 0.287 e. The topological polar surface area (TPSA) is 56.1 Å². The quantitative estimate of drug-likeness (QED) is 0.903. The molecule has 0 aliphatic carbocycles. The first-order chi connectivity index (χ1) is 9.60. The van der Waals surface area contributed by atoms with Gasteiger partial charge < -0.3 is 10.1 Å². The zero-order chi connectivity index (χ0) is 14.2. The van der Waals surface area contributed by atoms with E-state index in [1.165, 1.54) is 10.4 Å². The Bertz CT molecular complexity index is 557. The number of nitrogens with one attached hydrogen (secondary N) is 1. The summed E-state index contributed by atoms with van der Waals surface area (Å²) >= 11 is 8.05. The van der Waals surface area contributed by atoms with Crippen molar-refractivity contribution in [3.63, 3.8) is 0 Å². The highest BCUT2D eigenvalue weighted by Gasteiger charge is 2.40. The first-order valence-electron chi connectivity index (χ1n) is 6.80. The number of aromatic nitrogens is 2. The fourth-order valence-corrected chi connectivity index (χ4v) is 4.45. The second kappa shape index (κ2) is 5.58. The Kier molecular flexibility index (Phi) is 3.97. The Labute approximate surface area is 127 Å². The second-order valence-corrected chi connectivity index (χ2v) is 6.95. The van der Waals surface area contributed by atoms with E-state index in [9.17, 15) is 4.79 Å². The van der Waals surface area contributed by atoms with Crippen molar-refractivity contribution in [2.24, 2.45) is 7.05 Å². The van der Waals surface area contributed by atoms with Gasteiger partial charge in [-0.1, -0.05) is 11.6 Å². The van der Waals surface area contributed by atoms with Crippen LogP contribution in [0.1, 0.15) is 19.3 Å². The average Bonchev–Trinajstić information content (AvgIpc) is 2.88. The molecular formula is C13H18ClN3O2S. The summed E-state index contributed by atoms with van der Waals surface area (Å²) in [6.45, 7) is 0.758. The third kappa shape index (κ3) is 2.69. The summed E-state index contributed by atoms with van der Waals surface area (Å²) in [5.74, 6) is 2.23. The fourth-order valence-electron chi connectivity index (χ4n) is 2.85. The van der Waals surface area contributed by atoms with Crippen molar-refractivity contribution in [2.75, 3.05) is 23.4 Å². The minimum Gasteiger partial charge on any atom is -0.379 e. The lowest BCUT2D eigenvalue weighted by Crippen LogP contribution is -2.44. The third-order valence-corrected chi connectivity index (χ3v) is 5.59. The first-order valence-corrected chi connectivity index (χ1v) is 8.33. The molecular weight excluding hydrogens is 298 g/mol. The van der Waals surface area contributed by atoms with E-state index in [4.69, 9.17) is 16.3 Å². The summed E-state index contributed by atoms with van der Waals surface area (Å²) in [5, 5.41) is 7.60. The molecule has 20 heavy (non-hydrogen) atoms. The summed E-state index contributed by atoms with van der Waals surface area (Å²) < 4.78 is 7.23. The van der Waals surface area contributed by atoms with Crippen molar-refractivity contribution in [3.8, 4) is 0 Å². The maximum absolute atomic E-state index is 11.8. The Morgan fingerprint density at radius 2 is 2.50 bits per heavy atom. The molecule has 2 atom stereocenters. The molecule has 5 nitrogen and oxygen atoms in total. The van der Waals surface area contributed by atoms with E-state index in [0.29, 0.717) is 5.69 Å². The molecule has 0 amide bonds. The van der Waals surface area contributed by atoms with Crippen molar-refractivity contribution < 1.29 is 4.74 Å². The Morgan fingerprint density at radius 3 is 3.25 bits per heavy atom. The Hall–Kier alpha value is -0.720. The van der Waals surface area contributed by atoms with Crippen LogP contribution in [0.3, 0.4) is 0 Å². The number of ether oxygens (including phenoxy) is 1. The smallest absolute Gasteiger partial charge is 0.287 e. The highest BCUT2D eigenvalue weighted by molar-refractivity contribution is 7.99. The summed E-state index contributed by atoms with van der Waals surface area (Å²) in [6, 6.07) is 0.286. The van der Waals surface area contributed by atoms with E-state index < -0.39 is 0 Å². The summed E-state index contributed by atoms with van der Waals surface area (Å²) in [6.07, 6.45) is 4.62. The number of halogens is 1. The van der Waals surface area contributed by atoms with Crippen molar-refractivity contribution in [2.45, 2.75) is 30.9 Å². The van der Waals surface area contributed by atoms with Gasteiger partial charge in [-0.2, -0.15) is 16.9 Å². The van der Waals surface area contributed by atoms with Gasteiger partial charge in [-0.25, -0.2) is 4.68 Å². The van der Waals surface area contributed by atoms with Crippen LogP contribution in [0.4, 0.5) is 5.69 Å². The molecule has 7 heteroatoms. The molecule has 0 bridgehead atoms. The highest BCUT2D eigenvalue weighted by Crippen LogP contribution is 2.39. The van der Waals surface area contributed by atoms with Gasteiger partial charge >= 0.3 is 0 Å². The molecule has 0 unspecified atom stereocenters. The normalized spacial score (nSPS) is 29.8. The molecule has 0 aromatic carbocycles. The molecule has 1 N–H and O–H groups in total. The van der Waals surface area contributed by atoms with Gasteiger partial charge in [0.05, 0.1) is 17.5 Å². The van der Waals surface area contributed by atoms with Crippen LogP contribution in [0.15, 0.2) is 11.0 Å². The zero-order valence-corrected chi connectivity index (χ0v) is 13.0. The summed E-state index contributed by atoms with van der Waals surface area (Å²) in [5.41, 5.74) is 0.373. The Morgan fingerprint density at radius 1 is 1.65 bits per heavy atom. The van der Waals surface area contributed by atoms with Crippen LogP contribution in [-0.2, 0) is 11.8 Å². The number of nitrogens with zero attached hydrogens (tertiary/aromatic N) is 2. The van der Waals surface area contributed by atoms with Gasteiger partial charge in [-0.15, -0.1) is 0 Å². The van der Waals surface area contributed by atoms with E-state index in [-0.39, 0.29) is 22.2 Å². The largest absolute Gasteiger partial charge is 0.379 e. The first kappa shape index (κ1) is 14.2. The van der Waals surface area contributed by atoms with E-state index in [1.54, 1.807) is 13.2 Å². The number of anilines is 1. The van der Waals surface area contributed by atoms with Gasteiger partial charge in [0.1, 0.15) is 5.02 Å². The molecule has 2 fully saturated rings. The molecule has 0 saturated carbocycles. The molecule has 1 spiro atoms. The molecule has 2 aliphatic heterocycles. The monoisotopic (exact) mass is 315 g/mol. The van der Waals surface area contributed by atoms with E-state index in [1.807, 2.05) is 11.8 Å². The van der Waals surface area contributed by atoms with Gasteiger partial charge in [0.2, 0.25) is 0 Å². The standard InChI is InChI=1S/C13H18ClN3O2S/c1-17-12(18)11(14)10(7-15-17)16-9-2-4-19-13(6-9)3-5-20-8-13/h7,9,16H,2-6,8H2,1H3/t9-,13-/m1/s1. The van der Waals surface area contributed by atoms with Crippen LogP contribution in [-0.4, -0.2) is 39.5 Å². The number of rotatable bonds is 2. The molecule has 2 aliphatic rings. The third-order valence-electron chi connectivity index (χ3n) is 4.00. The van der Waals surface area contributed by atoms with Crippen LogP contribution in [0.2, 0.25) is 5.02 Å². The minimum absolute atomic E-state index is 0.0141. The molecule has 3 rings (SSSR count). The lowest BCUT2D eigenvalue weighted by molar-refractivity contribution is -0.0628. The van der Waals surface area contributed by atoms with E-state index in [0.717, 1.165) is 31.6 Å². The lowest BCUT2D eigenvalue weighted by atomic mass is 9.90. The van der Waals surface area contributed by atoms with Gasteiger partial charge in [-0.05, 0) is 25.0 Å². The molecule has 2 saturated heterocycles. The maximum atomic E-state index is 11.8.